The fourth-order valence-electron chi connectivity index (χ4n) is 9.67. The Morgan fingerprint density at radius 3 is 2.02 bits per heavy atom. The van der Waals surface area contributed by atoms with Crippen molar-refractivity contribution in [2.24, 2.45) is 0 Å². The predicted octanol–water partition coefficient (Wildman–Crippen LogP) is 9.84. The normalized spacial score (nSPS) is 32.6. The maximum absolute atomic E-state index is 13.8. The molecule has 8 rings (SSSR count). The highest BCUT2D eigenvalue weighted by Crippen LogP contribution is 2.40. The second-order valence-corrected chi connectivity index (χ2v) is 24.9. The number of ether oxygens (including phenoxy) is 9. The van der Waals surface area contributed by atoms with Gasteiger partial charge in [0.15, 0.2) is 14.6 Å². The molecule has 5 aliphatic heterocycles. The van der Waals surface area contributed by atoms with Gasteiger partial charge in [0.1, 0.15) is 17.6 Å². The number of carbonyl (C=O) groups is 1. The zero-order valence-electron chi connectivity index (χ0n) is 38.9. The molecule has 0 unspecified atom stereocenters. The summed E-state index contributed by atoms with van der Waals surface area (Å²) in [6.07, 6.45) is 3.51. The van der Waals surface area contributed by atoms with E-state index < -0.39 is 14.6 Å². The van der Waals surface area contributed by atoms with Crippen molar-refractivity contribution in [2.75, 3.05) is 20.3 Å². The topological polar surface area (TPSA) is 109 Å². The van der Waals surface area contributed by atoms with Crippen LogP contribution in [0.3, 0.4) is 0 Å². The highest BCUT2D eigenvalue weighted by atomic mass is 28.4. The molecule has 5 aliphatic rings. The molecular weight excluding hydrogens is 829 g/mol. The van der Waals surface area contributed by atoms with Crippen LogP contribution in [0.25, 0.3) is 0 Å². The molecule has 12 atom stereocenters. The van der Waals surface area contributed by atoms with E-state index in [9.17, 15) is 4.79 Å². The number of rotatable bonds is 15. The maximum atomic E-state index is 13.8. The second kappa shape index (κ2) is 21.7. The molecule has 0 amide bonds. The number of hydrogen-bond acceptors (Lipinski definition) is 11. The minimum absolute atomic E-state index is 0.0946. The Morgan fingerprint density at radius 2 is 1.30 bits per heavy atom. The van der Waals surface area contributed by atoms with Gasteiger partial charge < -0.3 is 47.1 Å². The van der Waals surface area contributed by atoms with E-state index in [0.717, 1.165) is 61.0 Å². The SMILES string of the molecule is COc1ccc(CO[C@H]2CC[C@H]3O[C@@H](CCCO[Si](C)(C)C(C)(C)C)[C@H](OCc4ccccc4)C[C@@H]3O[C@@H]2C[C@H]2CC(=O)C[C@@H]3O[C@@H]4CO[C@@H](c5ccccc5)O[C@H]4CC[C@H]3O2)cc1. The minimum Gasteiger partial charge on any atom is -0.497 e. The Bertz CT molecular complexity index is 1890. The third kappa shape index (κ3) is 12.3. The van der Waals surface area contributed by atoms with Gasteiger partial charge in [-0.15, -0.1) is 0 Å². The average molecular weight is 901 g/mol. The fourth-order valence-corrected chi connectivity index (χ4v) is 10.8. The summed E-state index contributed by atoms with van der Waals surface area (Å²) in [7, 11) is -0.204. The number of carbonyl (C=O) groups excluding carboxylic acids is 1. The van der Waals surface area contributed by atoms with Crippen molar-refractivity contribution in [3.63, 3.8) is 0 Å². The largest absolute Gasteiger partial charge is 0.497 e. The van der Waals surface area contributed by atoms with Gasteiger partial charge in [-0.25, -0.2) is 0 Å². The highest BCUT2D eigenvalue weighted by molar-refractivity contribution is 6.74. The van der Waals surface area contributed by atoms with Gasteiger partial charge in [0, 0.05) is 37.9 Å². The van der Waals surface area contributed by atoms with Crippen molar-refractivity contribution >= 4 is 14.1 Å². The van der Waals surface area contributed by atoms with Gasteiger partial charge in [-0.05, 0) is 79.9 Å². The van der Waals surface area contributed by atoms with Crippen molar-refractivity contribution in [3.8, 4) is 5.75 Å². The molecular formula is C52H72O11Si. The average Bonchev–Trinajstić information content (AvgIpc) is 3.64. The van der Waals surface area contributed by atoms with E-state index in [1.54, 1.807) is 7.11 Å². The molecule has 3 aromatic carbocycles. The molecule has 5 fully saturated rings. The highest BCUT2D eigenvalue weighted by Gasteiger charge is 2.47. The standard InChI is InChI=1S/C52H72O11Si/c1-52(2,3)64(5,6)58-27-13-18-42-46(56-32-35-14-9-7-10-15-35)31-49-44(60-42)24-23-41(55-33-36-19-21-39(54-4)22-20-36)48(61-49)30-40-28-38(53)29-47-43(59-40)25-26-45-50(62-47)34-57-51(63-45)37-16-11-8-12-17-37/h7-12,14-17,19-22,40-51H,13,18,23-34H2,1-6H3/t40-,41+,42+,43-,44-,45+,46-,47+,48-,49+,50-,51-/m1/s1. The quantitative estimate of drug-likeness (QED) is 0.107. The van der Waals surface area contributed by atoms with Gasteiger partial charge in [-0.3, -0.25) is 4.79 Å². The molecule has 64 heavy (non-hydrogen) atoms. The molecule has 0 aromatic heterocycles. The van der Waals surface area contributed by atoms with Gasteiger partial charge in [-0.2, -0.15) is 0 Å². The van der Waals surface area contributed by atoms with Crippen LogP contribution in [-0.2, 0) is 60.3 Å². The molecule has 0 radical (unpaired) electrons. The van der Waals surface area contributed by atoms with Crippen LogP contribution < -0.4 is 4.74 Å². The zero-order valence-corrected chi connectivity index (χ0v) is 39.9. The number of hydrogen-bond donors (Lipinski definition) is 0. The first-order valence-electron chi connectivity index (χ1n) is 23.9. The summed E-state index contributed by atoms with van der Waals surface area (Å²) in [5.74, 6) is 0.935. The van der Waals surface area contributed by atoms with Gasteiger partial charge in [0.05, 0.1) is 88.0 Å². The van der Waals surface area contributed by atoms with E-state index in [0.29, 0.717) is 52.1 Å². The number of Topliss-reactive ketones (excluding diaryl/α,β-unsaturated/α-hetero) is 1. The van der Waals surface area contributed by atoms with Crippen LogP contribution >= 0.6 is 0 Å². The molecule has 5 saturated heterocycles. The molecule has 0 bridgehead atoms. The van der Waals surface area contributed by atoms with Gasteiger partial charge in [0.25, 0.3) is 0 Å². The van der Waals surface area contributed by atoms with E-state index >= 15 is 0 Å². The third-order valence-electron chi connectivity index (χ3n) is 14.4. The lowest BCUT2D eigenvalue weighted by Gasteiger charge is -2.42. The first-order valence-corrected chi connectivity index (χ1v) is 26.8. The van der Waals surface area contributed by atoms with Crippen LogP contribution in [0.5, 0.6) is 5.75 Å². The lowest BCUT2D eigenvalue weighted by atomic mass is 9.93. The Labute approximate surface area is 382 Å². The van der Waals surface area contributed by atoms with Crippen LogP contribution in [-0.4, -0.2) is 102 Å². The van der Waals surface area contributed by atoms with E-state index in [1.165, 1.54) is 0 Å². The monoisotopic (exact) mass is 900 g/mol. The van der Waals surface area contributed by atoms with E-state index in [2.05, 4.69) is 46.0 Å². The number of fused-ring (bicyclic) bond motifs is 3. The molecule has 5 heterocycles. The summed E-state index contributed by atoms with van der Waals surface area (Å²) in [6.45, 7) is 13.5. The fraction of sp³-hybridized carbons (Fsp3) is 0.635. The van der Waals surface area contributed by atoms with Crippen LogP contribution in [0.4, 0.5) is 0 Å². The van der Waals surface area contributed by atoms with Crippen molar-refractivity contribution in [1.29, 1.82) is 0 Å². The van der Waals surface area contributed by atoms with Crippen LogP contribution in [0.15, 0.2) is 84.9 Å². The summed E-state index contributed by atoms with van der Waals surface area (Å²) < 4.78 is 66.1. The van der Waals surface area contributed by atoms with Crippen molar-refractivity contribution in [1.82, 2.24) is 0 Å². The molecule has 0 N–H and O–H groups in total. The first-order chi connectivity index (χ1) is 30.9. The maximum Gasteiger partial charge on any atom is 0.191 e. The Hall–Kier alpha value is -3.01. The lowest BCUT2D eigenvalue weighted by molar-refractivity contribution is -0.271. The Morgan fingerprint density at radius 1 is 0.656 bits per heavy atom. The van der Waals surface area contributed by atoms with Crippen LogP contribution in [0.2, 0.25) is 18.1 Å². The van der Waals surface area contributed by atoms with Crippen LogP contribution in [0, 0.1) is 0 Å². The van der Waals surface area contributed by atoms with Gasteiger partial charge >= 0.3 is 0 Å². The smallest absolute Gasteiger partial charge is 0.191 e. The lowest BCUT2D eigenvalue weighted by Crippen LogP contribution is -2.50. The Kier molecular flexibility index (Phi) is 16.1. The van der Waals surface area contributed by atoms with Crippen molar-refractivity contribution in [3.05, 3.63) is 102 Å². The van der Waals surface area contributed by atoms with E-state index in [4.69, 9.17) is 47.1 Å². The molecule has 12 heteroatoms. The summed E-state index contributed by atoms with van der Waals surface area (Å²) in [5, 5.41) is 0.152. The molecule has 350 valence electrons. The van der Waals surface area contributed by atoms with E-state index in [-0.39, 0.29) is 78.0 Å². The first kappa shape index (κ1) is 47.5. The Balaban J connectivity index is 0.973. The number of benzene rings is 3. The second-order valence-electron chi connectivity index (χ2n) is 20.0. The zero-order chi connectivity index (χ0) is 44.7. The summed E-state index contributed by atoms with van der Waals surface area (Å²) in [4.78, 5) is 13.8. The van der Waals surface area contributed by atoms with Crippen molar-refractivity contribution < 1.29 is 51.9 Å². The number of ketones is 1. The van der Waals surface area contributed by atoms with Crippen molar-refractivity contribution in [2.45, 2.75) is 190 Å². The number of methoxy groups -OCH3 is 1. The summed E-state index contributed by atoms with van der Waals surface area (Å²) in [5.41, 5.74) is 3.16. The molecule has 0 saturated carbocycles. The third-order valence-corrected chi connectivity index (χ3v) is 19.0. The van der Waals surface area contributed by atoms with Gasteiger partial charge in [-0.1, -0.05) is 93.6 Å². The van der Waals surface area contributed by atoms with Crippen LogP contribution in [0.1, 0.15) is 108 Å². The van der Waals surface area contributed by atoms with Gasteiger partial charge in [0.2, 0.25) is 0 Å². The summed E-state index contributed by atoms with van der Waals surface area (Å²) >= 11 is 0. The van der Waals surface area contributed by atoms with E-state index in [1.807, 2.05) is 72.8 Å². The molecule has 0 spiro atoms. The summed E-state index contributed by atoms with van der Waals surface area (Å²) in [6, 6.07) is 28.3. The molecule has 0 aliphatic carbocycles. The molecule has 11 nitrogen and oxygen atoms in total. The predicted molar refractivity (Wildman–Crippen MR) is 246 cm³/mol. The molecule has 3 aromatic rings. The minimum atomic E-state index is -1.88.